The highest BCUT2D eigenvalue weighted by atomic mass is 16.1. The van der Waals surface area contributed by atoms with E-state index in [1.165, 1.54) is 12.0 Å². The van der Waals surface area contributed by atoms with Crippen LogP contribution >= 0.6 is 0 Å². The van der Waals surface area contributed by atoms with Crippen LogP contribution in [-0.4, -0.2) is 39.9 Å². The van der Waals surface area contributed by atoms with Crippen LogP contribution in [0.1, 0.15) is 54.9 Å². The number of fused-ring (bicyclic) bond motifs is 1. The molecule has 1 aliphatic rings. The Balaban J connectivity index is 1.22. The molecule has 0 aliphatic heterocycles. The van der Waals surface area contributed by atoms with E-state index in [1.807, 2.05) is 65.3 Å². The number of aromatic nitrogens is 3. The summed E-state index contributed by atoms with van der Waals surface area (Å²) < 4.78 is 1.83. The Bertz CT molecular complexity index is 1550. The van der Waals surface area contributed by atoms with Crippen LogP contribution in [0.15, 0.2) is 77.9 Å². The van der Waals surface area contributed by atoms with E-state index < -0.39 is 0 Å². The molecule has 0 radical (unpaired) electrons. The van der Waals surface area contributed by atoms with Gasteiger partial charge in [0.05, 0.1) is 11.3 Å². The molecule has 41 heavy (non-hydrogen) atoms. The fourth-order valence-corrected chi connectivity index (χ4v) is 5.78. The second-order valence-corrected chi connectivity index (χ2v) is 11.4. The smallest absolute Gasteiger partial charge is 0.260 e. The molecule has 2 atom stereocenters. The van der Waals surface area contributed by atoms with Crippen molar-refractivity contribution < 1.29 is 4.79 Å². The van der Waals surface area contributed by atoms with Crippen LogP contribution in [-0.2, 0) is 6.54 Å². The Morgan fingerprint density at radius 3 is 2.56 bits per heavy atom. The lowest BCUT2D eigenvalue weighted by atomic mass is 9.78. The lowest BCUT2D eigenvalue weighted by molar-refractivity contribution is 0.0950. The summed E-state index contributed by atoms with van der Waals surface area (Å²) in [5.74, 6) is 1.68. The number of carbonyl (C=O) groups is 1. The number of rotatable bonds is 11. The lowest BCUT2D eigenvalue weighted by Crippen LogP contribution is -2.27. The van der Waals surface area contributed by atoms with E-state index in [9.17, 15) is 9.59 Å². The number of nitrogens with one attached hydrogen (secondary N) is 3. The van der Waals surface area contributed by atoms with Crippen LogP contribution in [0.4, 0.5) is 0 Å². The Morgan fingerprint density at radius 2 is 1.83 bits per heavy atom. The molecule has 2 aromatic heterocycles. The van der Waals surface area contributed by atoms with Crippen molar-refractivity contribution in [3.63, 3.8) is 0 Å². The maximum absolute atomic E-state index is 12.9. The SMILES string of the molecule is C=C1CC(C)CC(CCNC(=O)c2ccc(-c3cn4cc(-c5ccc(CNCCCN)cc5)c(=O)[nH]c4n3)cc2)C1. The Hall–Kier alpha value is -4.01. The number of imidazole rings is 1. The maximum Gasteiger partial charge on any atom is 0.260 e. The molecule has 0 spiro atoms. The first-order valence-electron chi connectivity index (χ1n) is 14.6. The molecule has 1 fully saturated rings. The summed E-state index contributed by atoms with van der Waals surface area (Å²) in [7, 11) is 0. The molecule has 1 amide bonds. The normalized spacial score (nSPS) is 17.2. The van der Waals surface area contributed by atoms with Crippen molar-refractivity contribution in [3.8, 4) is 22.4 Å². The molecule has 2 unspecified atom stereocenters. The molecule has 0 bridgehead atoms. The molecule has 8 nitrogen and oxygen atoms in total. The number of nitrogens with zero attached hydrogens (tertiary/aromatic N) is 2. The molecule has 0 saturated heterocycles. The second kappa shape index (κ2) is 13.1. The van der Waals surface area contributed by atoms with Gasteiger partial charge in [0.1, 0.15) is 0 Å². The number of hydrogen-bond acceptors (Lipinski definition) is 5. The van der Waals surface area contributed by atoms with Gasteiger partial charge in [0, 0.05) is 36.6 Å². The molecule has 5 N–H and O–H groups in total. The van der Waals surface area contributed by atoms with Crippen molar-refractivity contribution in [2.45, 2.75) is 45.6 Å². The first kappa shape index (κ1) is 28.5. The molecule has 4 aromatic rings. The van der Waals surface area contributed by atoms with Crippen molar-refractivity contribution in [3.05, 3.63) is 94.6 Å². The van der Waals surface area contributed by atoms with Crippen LogP contribution in [0.3, 0.4) is 0 Å². The zero-order chi connectivity index (χ0) is 28.8. The van der Waals surface area contributed by atoms with E-state index in [4.69, 9.17) is 5.73 Å². The van der Waals surface area contributed by atoms with Gasteiger partial charge in [0.2, 0.25) is 5.78 Å². The van der Waals surface area contributed by atoms with E-state index in [2.05, 4.69) is 34.1 Å². The van der Waals surface area contributed by atoms with E-state index in [0.717, 1.165) is 61.2 Å². The van der Waals surface area contributed by atoms with E-state index in [1.54, 1.807) is 0 Å². The van der Waals surface area contributed by atoms with Gasteiger partial charge in [-0.3, -0.25) is 19.0 Å². The van der Waals surface area contributed by atoms with Gasteiger partial charge in [-0.1, -0.05) is 55.5 Å². The highest BCUT2D eigenvalue weighted by Gasteiger charge is 2.21. The van der Waals surface area contributed by atoms with Crippen molar-refractivity contribution in [2.24, 2.45) is 17.6 Å². The molecule has 2 heterocycles. The zero-order valence-electron chi connectivity index (χ0n) is 23.8. The maximum atomic E-state index is 12.9. The number of aromatic amines is 1. The van der Waals surface area contributed by atoms with Crippen molar-refractivity contribution in [1.29, 1.82) is 0 Å². The van der Waals surface area contributed by atoms with Crippen molar-refractivity contribution >= 4 is 11.7 Å². The van der Waals surface area contributed by atoms with E-state index >= 15 is 0 Å². The third-order valence-corrected chi connectivity index (χ3v) is 7.85. The highest BCUT2D eigenvalue weighted by Crippen LogP contribution is 2.33. The largest absolute Gasteiger partial charge is 0.352 e. The lowest BCUT2D eigenvalue weighted by Gasteiger charge is -2.28. The summed E-state index contributed by atoms with van der Waals surface area (Å²) in [4.78, 5) is 33.1. The Kier molecular flexibility index (Phi) is 9.11. The average molecular weight is 553 g/mol. The third kappa shape index (κ3) is 7.20. The summed E-state index contributed by atoms with van der Waals surface area (Å²) in [5.41, 5.74) is 11.4. The molecule has 1 aliphatic carbocycles. The molecular formula is C33H40N6O2. The summed E-state index contributed by atoms with van der Waals surface area (Å²) in [6, 6.07) is 15.4. The van der Waals surface area contributed by atoms with Gasteiger partial charge in [0.15, 0.2) is 0 Å². The number of allylic oxidation sites excluding steroid dienone is 1. The minimum Gasteiger partial charge on any atom is -0.352 e. The minimum absolute atomic E-state index is 0.0689. The monoisotopic (exact) mass is 552 g/mol. The zero-order valence-corrected chi connectivity index (χ0v) is 23.8. The van der Waals surface area contributed by atoms with E-state index in [0.29, 0.717) is 41.8 Å². The number of amides is 1. The van der Waals surface area contributed by atoms with Crippen molar-refractivity contribution in [2.75, 3.05) is 19.6 Å². The average Bonchev–Trinajstić information content (AvgIpc) is 3.38. The van der Waals surface area contributed by atoms with Crippen LogP contribution in [0.5, 0.6) is 0 Å². The van der Waals surface area contributed by atoms with Gasteiger partial charge < -0.3 is 16.4 Å². The van der Waals surface area contributed by atoms with Crippen molar-refractivity contribution in [1.82, 2.24) is 25.0 Å². The van der Waals surface area contributed by atoms with Crippen LogP contribution in [0.25, 0.3) is 28.2 Å². The minimum atomic E-state index is -0.192. The number of carbonyl (C=O) groups excluding carboxylic acids is 1. The highest BCUT2D eigenvalue weighted by molar-refractivity contribution is 5.94. The second-order valence-electron chi connectivity index (χ2n) is 11.4. The quantitative estimate of drug-likeness (QED) is 0.156. The van der Waals surface area contributed by atoms with Gasteiger partial charge in [-0.25, -0.2) is 4.98 Å². The predicted molar refractivity (Wildman–Crippen MR) is 165 cm³/mol. The molecular weight excluding hydrogens is 512 g/mol. The summed E-state index contributed by atoms with van der Waals surface area (Å²) in [5, 5.41) is 6.43. The molecule has 214 valence electrons. The third-order valence-electron chi connectivity index (χ3n) is 7.85. The number of benzene rings is 2. The number of H-pyrrole nitrogens is 1. The van der Waals surface area contributed by atoms with Gasteiger partial charge in [0.25, 0.3) is 11.5 Å². The van der Waals surface area contributed by atoms with Crippen LogP contribution in [0.2, 0.25) is 0 Å². The molecule has 5 rings (SSSR count). The van der Waals surface area contributed by atoms with Gasteiger partial charge >= 0.3 is 0 Å². The summed E-state index contributed by atoms with van der Waals surface area (Å²) >= 11 is 0. The summed E-state index contributed by atoms with van der Waals surface area (Å²) in [6.07, 6.45) is 9.02. The topological polar surface area (TPSA) is 117 Å². The van der Waals surface area contributed by atoms with Crippen LogP contribution < -0.4 is 21.9 Å². The van der Waals surface area contributed by atoms with Crippen LogP contribution in [0, 0.1) is 11.8 Å². The fraction of sp³-hybridized carbons (Fsp3) is 0.364. The first-order valence-corrected chi connectivity index (χ1v) is 14.6. The Labute approximate surface area is 241 Å². The summed E-state index contributed by atoms with van der Waals surface area (Å²) in [6.45, 7) is 9.44. The van der Waals surface area contributed by atoms with E-state index in [-0.39, 0.29) is 11.5 Å². The molecule has 8 heteroatoms. The van der Waals surface area contributed by atoms with Gasteiger partial charge in [-0.15, -0.1) is 0 Å². The first-order chi connectivity index (χ1) is 19.9. The molecule has 2 aromatic carbocycles. The van der Waals surface area contributed by atoms with Gasteiger partial charge in [-0.2, -0.15) is 0 Å². The number of hydrogen-bond donors (Lipinski definition) is 4. The molecule has 1 saturated carbocycles. The standard InChI is InChI=1S/C33H40N6O2/c1-22-16-23(2)18-25(17-22)12-15-36-31(40)28-10-8-27(9-11-28)30-21-39-20-29(32(41)38-33(39)37-30)26-6-4-24(5-7-26)19-35-14-3-13-34/h4-11,20-21,23,25,35H,1,3,12-19,34H2,2H3,(H,36,40)(H,37,38,41). The van der Waals surface area contributed by atoms with Gasteiger partial charge in [-0.05, 0) is 80.3 Å². The fourth-order valence-electron chi connectivity index (χ4n) is 5.78. The number of nitrogens with two attached hydrogens (primary N) is 1. The Morgan fingerprint density at radius 1 is 1.07 bits per heavy atom. The predicted octanol–water partition coefficient (Wildman–Crippen LogP) is 4.91.